The second-order valence-corrected chi connectivity index (χ2v) is 8.34. The fourth-order valence-electron chi connectivity index (χ4n) is 3.78. The molecule has 0 saturated carbocycles. The summed E-state index contributed by atoms with van der Waals surface area (Å²) >= 11 is 2.28. The van der Waals surface area contributed by atoms with E-state index in [4.69, 9.17) is 9.72 Å². The number of anilines is 2. The molecule has 0 aromatic carbocycles. The summed E-state index contributed by atoms with van der Waals surface area (Å²) in [7, 11) is 0. The molecule has 2 aliphatic heterocycles. The fraction of sp³-hybridized carbons (Fsp3) is 0.333. The topological polar surface area (TPSA) is 72.2 Å². The molecule has 30 heavy (non-hydrogen) atoms. The highest BCUT2D eigenvalue weighted by molar-refractivity contribution is 14.1. The molecule has 5 heterocycles. The fourth-order valence-corrected chi connectivity index (χ4v) is 4.00. The highest BCUT2D eigenvalue weighted by atomic mass is 127. The number of hydrogen-bond acceptors (Lipinski definition) is 7. The monoisotopic (exact) mass is 515 g/mol. The zero-order valence-corrected chi connectivity index (χ0v) is 18.7. The van der Waals surface area contributed by atoms with Gasteiger partial charge in [0.2, 0.25) is 5.88 Å². The van der Waals surface area contributed by atoms with Gasteiger partial charge in [-0.25, -0.2) is 15.0 Å². The third-order valence-corrected chi connectivity index (χ3v) is 5.77. The number of alkyl halides is 1. The van der Waals surface area contributed by atoms with Crippen molar-refractivity contribution in [2.24, 2.45) is 0 Å². The first kappa shape index (κ1) is 19.3. The van der Waals surface area contributed by atoms with E-state index in [0.29, 0.717) is 24.9 Å². The lowest BCUT2D eigenvalue weighted by molar-refractivity contribution is 0.333. The van der Waals surface area contributed by atoms with Gasteiger partial charge in [-0.05, 0) is 31.0 Å². The van der Waals surface area contributed by atoms with Gasteiger partial charge in [-0.2, -0.15) is 4.68 Å². The zero-order valence-electron chi connectivity index (χ0n) is 16.5. The van der Waals surface area contributed by atoms with Gasteiger partial charge in [-0.3, -0.25) is 0 Å². The zero-order chi connectivity index (χ0) is 20.5. The summed E-state index contributed by atoms with van der Waals surface area (Å²) in [6.45, 7) is 7.62. The summed E-state index contributed by atoms with van der Waals surface area (Å²) in [6.07, 6.45) is 6.13. The molecule has 0 bridgehead atoms. The van der Waals surface area contributed by atoms with Crippen LogP contribution in [-0.2, 0) is 6.54 Å². The van der Waals surface area contributed by atoms with E-state index < -0.39 is 0 Å². The van der Waals surface area contributed by atoms with Gasteiger partial charge in [-0.1, -0.05) is 29.2 Å². The maximum atomic E-state index is 5.55. The Kier molecular flexibility index (Phi) is 5.28. The molecule has 1 saturated heterocycles. The molecular formula is C21H22IN7O. The number of rotatable bonds is 6. The third-order valence-electron chi connectivity index (χ3n) is 5.33. The number of ether oxygens (including phenoxy) is 1. The van der Waals surface area contributed by atoms with E-state index in [1.807, 2.05) is 29.3 Å². The van der Waals surface area contributed by atoms with Crippen molar-refractivity contribution >= 4 is 39.9 Å². The molecule has 0 N–H and O–H groups in total. The molecule has 3 aromatic heterocycles. The smallest absolute Gasteiger partial charge is 0.213 e. The molecule has 2 aliphatic rings. The van der Waals surface area contributed by atoms with Crippen molar-refractivity contribution < 1.29 is 4.74 Å². The van der Waals surface area contributed by atoms with Gasteiger partial charge in [0.15, 0.2) is 11.6 Å². The number of nitrogens with zero attached hydrogens (tertiary/aromatic N) is 7. The van der Waals surface area contributed by atoms with Crippen molar-refractivity contribution in [3.8, 4) is 17.3 Å². The minimum Gasteiger partial charge on any atom is -0.477 e. The van der Waals surface area contributed by atoms with Crippen LogP contribution in [-0.4, -0.2) is 48.9 Å². The third kappa shape index (κ3) is 3.62. The molecule has 0 radical (unpaired) electrons. The Hall–Kier alpha value is -2.69. The highest BCUT2D eigenvalue weighted by Crippen LogP contribution is 2.31. The van der Waals surface area contributed by atoms with Crippen LogP contribution in [0.1, 0.15) is 18.7 Å². The van der Waals surface area contributed by atoms with Crippen LogP contribution in [0.15, 0.2) is 43.2 Å². The van der Waals surface area contributed by atoms with Crippen molar-refractivity contribution in [2.45, 2.75) is 19.4 Å². The lowest BCUT2D eigenvalue weighted by Crippen LogP contribution is -2.18. The van der Waals surface area contributed by atoms with E-state index in [1.54, 1.807) is 10.9 Å². The van der Waals surface area contributed by atoms with Crippen molar-refractivity contribution in [1.29, 1.82) is 0 Å². The van der Waals surface area contributed by atoms with E-state index in [1.165, 1.54) is 12.8 Å². The minimum atomic E-state index is 0.598. The standard InChI is InChI=1S/C21H22IN7O/c1-15-28(17-5-7-20(24-13-17)30-11-8-22)14-19-25-21(26-29(15)19)16-4-6-18(23-12-16)27-9-2-3-10-27/h4-7,12-13H,1-3,8-11,14H2. The average molecular weight is 515 g/mol. The Balaban J connectivity index is 1.31. The van der Waals surface area contributed by atoms with Crippen molar-refractivity contribution in [3.05, 3.63) is 49.1 Å². The molecule has 1 fully saturated rings. The first-order valence-corrected chi connectivity index (χ1v) is 11.5. The molecule has 3 aromatic rings. The van der Waals surface area contributed by atoms with E-state index >= 15 is 0 Å². The van der Waals surface area contributed by atoms with Gasteiger partial charge in [0, 0.05) is 35.3 Å². The van der Waals surface area contributed by atoms with E-state index in [9.17, 15) is 0 Å². The van der Waals surface area contributed by atoms with Gasteiger partial charge in [0.1, 0.15) is 11.6 Å². The molecule has 0 unspecified atom stereocenters. The number of fused-ring (bicyclic) bond motifs is 1. The number of pyridine rings is 2. The van der Waals surface area contributed by atoms with E-state index in [2.05, 4.69) is 55.2 Å². The minimum absolute atomic E-state index is 0.598. The maximum absolute atomic E-state index is 5.55. The maximum Gasteiger partial charge on any atom is 0.213 e. The SMILES string of the molecule is C=C1N(c2ccc(OCCI)nc2)Cc2nc(-c3ccc(N4CCCC4)nc3)nn21. The predicted octanol–water partition coefficient (Wildman–Crippen LogP) is 3.60. The summed E-state index contributed by atoms with van der Waals surface area (Å²) in [5.41, 5.74) is 1.85. The Morgan fingerprint density at radius 2 is 1.93 bits per heavy atom. The Labute approximate surface area is 188 Å². The van der Waals surface area contributed by atoms with Crippen molar-refractivity contribution in [3.63, 3.8) is 0 Å². The summed E-state index contributed by atoms with van der Waals surface area (Å²) in [5.74, 6) is 3.93. The quantitative estimate of drug-likeness (QED) is 0.367. The molecule has 9 heteroatoms. The van der Waals surface area contributed by atoms with Crippen LogP contribution in [0.3, 0.4) is 0 Å². The predicted molar refractivity (Wildman–Crippen MR) is 125 cm³/mol. The summed E-state index contributed by atoms with van der Waals surface area (Å²) in [4.78, 5) is 18.1. The van der Waals surface area contributed by atoms with Gasteiger partial charge in [0.05, 0.1) is 25.0 Å². The molecule has 0 aliphatic carbocycles. The first-order chi connectivity index (χ1) is 14.7. The summed E-state index contributed by atoms with van der Waals surface area (Å²) < 4.78 is 8.28. The van der Waals surface area contributed by atoms with Crippen LogP contribution in [0.25, 0.3) is 17.2 Å². The number of halogens is 1. The highest BCUT2D eigenvalue weighted by Gasteiger charge is 2.28. The molecular weight excluding hydrogens is 493 g/mol. The van der Waals surface area contributed by atoms with E-state index in [0.717, 1.165) is 46.2 Å². The lowest BCUT2D eigenvalue weighted by atomic mass is 10.2. The van der Waals surface area contributed by atoms with Crippen molar-refractivity contribution in [1.82, 2.24) is 24.7 Å². The molecule has 0 atom stereocenters. The molecule has 8 nitrogen and oxygen atoms in total. The largest absolute Gasteiger partial charge is 0.477 e. The Morgan fingerprint density at radius 1 is 1.07 bits per heavy atom. The Morgan fingerprint density at radius 3 is 2.60 bits per heavy atom. The van der Waals surface area contributed by atoms with Gasteiger partial charge >= 0.3 is 0 Å². The Bertz CT molecular complexity index is 1040. The van der Waals surface area contributed by atoms with Gasteiger partial charge in [-0.15, -0.1) is 5.10 Å². The summed E-state index contributed by atoms with van der Waals surface area (Å²) in [6, 6.07) is 7.96. The second kappa shape index (κ2) is 8.21. The molecule has 0 spiro atoms. The molecule has 5 rings (SSSR count). The molecule has 154 valence electrons. The van der Waals surface area contributed by atoms with Crippen LogP contribution in [0, 0.1) is 0 Å². The van der Waals surface area contributed by atoms with Crippen LogP contribution in [0.4, 0.5) is 11.5 Å². The van der Waals surface area contributed by atoms with Crippen LogP contribution < -0.4 is 14.5 Å². The van der Waals surface area contributed by atoms with E-state index in [-0.39, 0.29) is 0 Å². The van der Waals surface area contributed by atoms with Gasteiger partial charge < -0.3 is 14.5 Å². The lowest BCUT2D eigenvalue weighted by Gasteiger charge is -2.18. The number of aromatic nitrogens is 5. The normalized spacial score (nSPS) is 15.7. The van der Waals surface area contributed by atoms with Crippen molar-refractivity contribution in [2.75, 3.05) is 33.9 Å². The van der Waals surface area contributed by atoms with Crippen LogP contribution >= 0.6 is 22.6 Å². The number of hydrogen-bond donors (Lipinski definition) is 0. The average Bonchev–Trinajstić information content (AvgIpc) is 3.51. The van der Waals surface area contributed by atoms with Gasteiger partial charge in [0.25, 0.3) is 0 Å². The second-order valence-electron chi connectivity index (χ2n) is 7.26. The van der Waals surface area contributed by atoms with Crippen LogP contribution in [0.5, 0.6) is 5.88 Å². The van der Waals surface area contributed by atoms with Crippen LogP contribution in [0.2, 0.25) is 0 Å². The summed E-state index contributed by atoms with van der Waals surface area (Å²) in [5, 5.41) is 4.67. The molecule has 0 amide bonds. The first-order valence-electron chi connectivity index (χ1n) is 10.0.